The number of carbonyl (C=O) groups excluding carboxylic acids is 1. The van der Waals surface area contributed by atoms with E-state index in [1.54, 1.807) is 11.8 Å². The largest absolute Gasteiger partial charge is 0.489 e. The standard InChI is InChI=1S/C14H16N4O2/c1-10-13(16-17-15-10)14(19)18-8-7-12(9-18)20-11-5-3-2-4-6-11/h2-6,12H,7-9H2,1H3,(H,15,16,17)/t12-/m0/s1. The maximum Gasteiger partial charge on any atom is 0.276 e. The van der Waals surface area contributed by atoms with Gasteiger partial charge in [0, 0.05) is 13.0 Å². The van der Waals surface area contributed by atoms with Gasteiger partial charge in [-0.05, 0) is 19.1 Å². The SMILES string of the molecule is Cc1n[nH]nc1C(=O)N1CC[C@H](Oc2ccccc2)C1. The molecule has 1 aliphatic rings. The van der Waals surface area contributed by atoms with Crippen molar-refractivity contribution in [3.8, 4) is 5.75 Å². The third-order valence-corrected chi connectivity index (χ3v) is 3.40. The molecular formula is C14H16N4O2. The van der Waals surface area contributed by atoms with Crippen molar-refractivity contribution >= 4 is 5.91 Å². The number of nitrogens with one attached hydrogen (secondary N) is 1. The van der Waals surface area contributed by atoms with Gasteiger partial charge >= 0.3 is 0 Å². The van der Waals surface area contributed by atoms with Gasteiger partial charge in [-0.15, -0.1) is 0 Å². The lowest BCUT2D eigenvalue weighted by Gasteiger charge is -2.16. The monoisotopic (exact) mass is 272 g/mol. The Hall–Kier alpha value is -2.37. The van der Waals surface area contributed by atoms with E-state index in [-0.39, 0.29) is 12.0 Å². The molecule has 0 saturated carbocycles. The average molecular weight is 272 g/mol. The summed E-state index contributed by atoms with van der Waals surface area (Å²) in [4.78, 5) is 14.0. The van der Waals surface area contributed by atoms with Crippen LogP contribution in [0, 0.1) is 6.92 Å². The first kappa shape index (κ1) is 12.7. The Labute approximate surface area is 116 Å². The molecular weight excluding hydrogens is 256 g/mol. The molecule has 1 saturated heterocycles. The number of H-pyrrole nitrogens is 1. The van der Waals surface area contributed by atoms with E-state index in [1.807, 2.05) is 30.3 Å². The van der Waals surface area contributed by atoms with Gasteiger partial charge in [-0.1, -0.05) is 18.2 Å². The van der Waals surface area contributed by atoms with Gasteiger partial charge in [-0.3, -0.25) is 4.79 Å². The summed E-state index contributed by atoms with van der Waals surface area (Å²) in [6, 6.07) is 9.67. The number of ether oxygens (including phenoxy) is 1. The summed E-state index contributed by atoms with van der Waals surface area (Å²) in [5, 5.41) is 10.3. The number of aromatic amines is 1. The fourth-order valence-electron chi connectivity index (χ4n) is 2.34. The van der Waals surface area contributed by atoms with Gasteiger partial charge in [0.2, 0.25) is 0 Å². The van der Waals surface area contributed by atoms with Crippen molar-refractivity contribution in [3.63, 3.8) is 0 Å². The van der Waals surface area contributed by atoms with Gasteiger partial charge in [0.05, 0.1) is 12.2 Å². The van der Waals surface area contributed by atoms with Crippen LogP contribution >= 0.6 is 0 Å². The molecule has 1 fully saturated rings. The van der Waals surface area contributed by atoms with Crippen molar-refractivity contribution in [1.29, 1.82) is 0 Å². The number of aryl methyl sites for hydroxylation is 1. The normalized spacial score (nSPS) is 18.2. The fourth-order valence-corrected chi connectivity index (χ4v) is 2.34. The molecule has 1 N–H and O–H groups in total. The summed E-state index contributed by atoms with van der Waals surface area (Å²) in [7, 11) is 0. The summed E-state index contributed by atoms with van der Waals surface area (Å²) in [5.74, 6) is 0.750. The third kappa shape index (κ3) is 2.49. The maximum atomic E-state index is 12.3. The zero-order chi connectivity index (χ0) is 13.9. The van der Waals surface area contributed by atoms with Gasteiger partial charge < -0.3 is 9.64 Å². The molecule has 104 valence electrons. The van der Waals surface area contributed by atoms with Crippen LogP contribution in [0.2, 0.25) is 0 Å². The Kier molecular flexibility index (Phi) is 3.37. The second kappa shape index (κ2) is 5.32. The maximum absolute atomic E-state index is 12.3. The third-order valence-electron chi connectivity index (χ3n) is 3.40. The quantitative estimate of drug-likeness (QED) is 0.917. The molecule has 1 aromatic carbocycles. The van der Waals surface area contributed by atoms with Crippen molar-refractivity contribution in [2.24, 2.45) is 0 Å². The molecule has 6 heteroatoms. The minimum Gasteiger partial charge on any atom is -0.489 e. The predicted octanol–water partition coefficient (Wildman–Crippen LogP) is 1.41. The number of para-hydroxylation sites is 1. The minimum absolute atomic E-state index is 0.0357. The van der Waals surface area contributed by atoms with Crippen LogP contribution in [0.25, 0.3) is 0 Å². The van der Waals surface area contributed by atoms with Crippen molar-refractivity contribution in [3.05, 3.63) is 41.7 Å². The summed E-state index contributed by atoms with van der Waals surface area (Å²) in [6.07, 6.45) is 0.867. The Balaban J connectivity index is 1.62. The number of nitrogens with zero attached hydrogens (tertiary/aromatic N) is 3. The highest BCUT2D eigenvalue weighted by Crippen LogP contribution is 2.19. The molecule has 0 bridgehead atoms. The minimum atomic E-state index is -0.0876. The molecule has 1 aromatic heterocycles. The summed E-state index contributed by atoms with van der Waals surface area (Å²) in [5.41, 5.74) is 1.02. The second-order valence-corrected chi connectivity index (χ2v) is 4.85. The predicted molar refractivity (Wildman–Crippen MR) is 72.5 cm³/mol. The highest BCUT2D eigenvalue weighted by molar-refractivity contribution is 5.93. The molecule has 20 heavy (non-hydrogen) atoms. The van der Waals surface area contributed by atoms with Crippen molar-refractivity contribution in [2.75, 3.05) is 13.1 Å². The Morgan fingerprint density at radius 3 is 2.85 bits per heavy atom. The van der Waals surface area contributed by atoms with Gasteiger partial charge in [-0.25, -0.2) is 0 Å². The zero-order valence-electron chi connectivity index (χ0n) is 11.2. The molecule has 0 radical (unpaired) electrons. The summed E-state index contributed by atoms with van der Waals surface area (Å²) < 4.78 is 5.87. The second-order valence-electron chi connectivity index (χ2n) is 4.85. The zero-order valence-corrected chi connectivity index (χ0v) is 11.2. The number of benzene rings is 1. The van der Waals surface area contributed by atoms with Crippen LogP contribution in [-0.2, 0) is 0 Å². The Bertz CT molecular complexity index is 596. The van der Waals surface area contributed by atoms with E-state index in [1.165, 1.54) is 0 Å². The average Bonchev–Trinajstić information content (AvgIpc) is 3.08. The van der Waals surface area contributed by atoms with Crippen molar-refractivity contribution in [1.82, 2.24) is 20.3 Å². The first-order valence-corrected chi connectivity index (χ1v) is 6.62. The Morgan fingerprint density at radius 1 is 1.35 bits per heavy atom. The van der Waals surface area contributed by atoms with Crippen LogP contribution in [0.5, 0.6) is 5.75 Å². The van der Waals surface area contributed by atoms with E-state index >= 15 is 0 Å². The van der Waals surface area contributed by atoms with Crippen LogP contribution in [0.15, 0.2) is 30.3 Å². The molecule has 0 spiro atoms. The highest BCUT2D eigenvalue weighted by Gasteiger charge is 2.30. The topological polar surface area (TPSA) is 71.1 Å². The molecule has 2 heterocycles. The number of aromatic nitrogens is 3. The van der Waals surface area contributed by atoms with E-state index in [0.717, 1.165) is 12.2 Å². The molecule has 0 aliphatic carbocycles. The highest BCUT2D eigenvalue weighted by atomic mass is 16.5. The molecule has 1 atom stereocenters. The number of likely N-dealkylation sites (tertiary alicyclic amines) is 1. The van der Waals surface area contributed by atoms with E-state index in [9.17, 15) is 4.79 Å². The van der Waals surface area contributed by atoms with E-state index in [2.05, 4.69) is 15.4 Å². The molecule has 6 nitrogen and oxygen atoms in total. The molecule has 1 amide bonds. The first-order valence-electron chi connectivity index (χ1n) is 6.62. The molecule has 3 rings (SSSR count). The van der Waals surface area contributed by atoms with Crippen LogP contribution in [-0.4, -0.2) is 45.4 Å². The van der Waals surface area contributed by atoms with Crippen molar-refractivity contribution in [2.45, 2.75) is 19.4 Å². The van der Waals surface area contributed by atoms with Gasteiger partial charge in [-0.2, -0.15) is 15.4 Å². The van der Waals surface area contributed by atoms with Gasteiger partial charge in [0.25, 0.3) is 5.91 Å². The number of hydrogen-bond acceptors (Lipinski definition) is 4. The number of carbonyl (C=O) groups is 1. The van der Waals surface area contributed by atoms with Crippen molar-refractivity contribution < 1.29 is 9.53 Å². The molecule has 1 aliphatic heterocycles. The van der Waals surface area contributed by atoms with Crippen LogP contribution < -0.4 is 4.74 Å². The van der Waals surface area contributed by atoms with E-state index in [0.29, 0.717) is 24.5 Å². The fraction of sp³-hybridized carbons (Fsp3) is 0.357. The number of rotatable bonds is 3. The van der Waals surface area contributed by atoms with Crippen LogP contribution in [0.4, 0.5) is 0 Å². The number of amides is 1. The Morgan fingerprint density at radius 2 is 2.15 bits per heavy atom. The van der Waals surface area contributed by atoms with Gasteiger partial charge in [0.1, 0.15) is 11.9 Å². The smallest absolute Gasteiger partial charge is 0.276 e. The number of hydrogen-bond donors (Lipinski definition) is 1. The van der Waals surface area contributed by atoms with E-state index < -0.39 is 0 Å². The van der Waals surface area contributed by atoms with Crippen LogP contribution in [0.1, 0.15) is 22.6 Å². The summed E-state index contributed by atoms with van der Waals surface area (Å²) in [6.45, 7) is 3.04. The first-order chi connectivity index (χ1) is 9.74. The van der Waals surface area contributed by atoms with Gasteiger partial charge in [0.15, 0.2) is 5.69 Å². The summed E-state index contributed by atoms with van der Waals surface area (Å²) >= 11 is 0. The molecule has 2 aromatic rings. The van der Waals surface area contributed by atoms with E-state index in [4.69, 9.17) is 4.74 Å². The lowest BCUT2D eigenvalue weighted by Crippen LogP contribution is -2.31. The molecule has 0 unspecified atom stereocenters. The lowest BCUT2D eigenvalue weighted by atomic mass is 10.3. The van der Waals surface area contributed by atoms with Crippen LogP contribution in [0.3, 0.4) is 0 Å². The lowest BCUT2D eigenvalue weighted by molar-refractivity contribution is 0.0766.